The number of fused-ring (bicyclic) bond motifs is 1. The molecule has 2 aromatic carbocycles. The van der Waals surface area contributed by atoms with Gasteiger partial charge in [-0.25, -0.2) is 4.79 Å². The van der Waals surface area contributed by atoms with E-state index in [0.29, 0.717) is 53.2 Å². The van der Waals surface area contributed by atoms with E-state index in [1.54, 1.807) is 37.3 Å². The third kappa shape index (κ3) is 5.65. The van der Waals surface area contributed by atoms with Crippen molar-refractivity contribution in [3.05, 3.63) is 51.5 Å². The Morgan fingerprint density at radius 3 is 2.48 bits per heavy atom. The smallest absolute Gasteiger partial charge is 0.322 e. The Labute approximate surface area is 204 Å². The van der Waals surface area contributed by atoms with Crippen molar-refractivity contribution >= 4 is 40.8 Å². The first-order valence-electron chi connectivity index (χ1n) is 10.8. The van der Waals surface area contributed by atoms with Crippen LogP contribution in [-0.2, 0) is 11.2 Å². The van der Waals surface area contributed by atoms with Crippen LogP contribution in [0.1, 0.15) is 37.4 Å². The number of methoxy groups -OCH3 is 2. The topological polar surface area (TPSA) is 71.1 Å². The highest BCUT2D eigenvalue weighted by molar-refractivity contribution is 6.36. The predicted octanol–water partition coefficient (Wildman–Crippen LogP) is 5.40. The van der Waals surface area contributed by atoms with Crippen molar-refractivity contribution in [1.29, 1.82) is 0 Å². The first kappa shape index (κ1) is 25.0. The number of nitrogens with one attached hydrogen (secondary N) is 1. The summed E-state index contributed by atoms with van der Waals surface area (Å²) in [6, 6.07) is 8.21. The average molecular weight is 494 g/mol. The average Bonchev–Trinajstić information content (AvgIpc) is 2.79. The number of hydrogen-bond donors (Lipinski definition) is 1. The molecule has 0 bridgehead atoms. The minimum absolute atomic E-state index is 0.0299. The first-order chi connectivity index (χ1) is 15.8. The van der Waals surface area contributed by atoms with Crippen molar-refractivity contribution in [3.63, 3.8) is 0 Å². The van der Waals surface area contributed by atoms with Gasteiger partial charge in [0.25, 0.3) is 0 Å². The lowest BCUT2D eigenvalue weighted by Crippen LogP contribution is -2.47. The third-order valence-electron chi connectivity index (χ3n) is 5.78. The van der Waals surface area contributed by atoms with Crippen molar-refractivity contribution in [2.75, 3.05) is 39.2 Å². The molecule has 1 heterocycles. The van der Waals surface area contributed by atoms with Crippen LogP contribution in [0.3, 0.4) is 0 Å². The van der Waals surface area contributed by atoms with E-state index in [2.05, 4.69) is 5.32 Å². The number of carbonyl (C=O) groups excluding carboxylic acids is 2. The standard InChI is InChI=1S/C24H29Cl2N3O4/c1-5-9-28(24(31)27-20-7-6-17(25)12-19(20)26)14-23(30)29-10-8-16-11-21(32-3)22(33-4)13-18(16)15(29)2/h6-7,11-13,15H,5,8-10,14H2,1-4H3,(H,27,31). The number of halogens is 2. The highest BCUT2D eigenvalue weighted by atomic mass is 35.5. The number of anilines is 1. The summed E-state index contributed by atoms with van der Waals surface area (Å²) in [7, 11) is 3.20. The van der Waals surface area contributed by atoms with Crippen molar-refractivity contribution in [2.24, 2.45) is 0 Å². The largest absolute Gasteiger partial charge is 0.493 e. The number of carbonyl (C=O) groups is 2. The molecule has 1 aliphatic heterocycles. The molecule has 178 valence electrons. The van der Waals surface area contributed by atoms with Crippen LogP contribution >= 0.6 is 23.2 Å². The molecule has 0 saturated heterocycles. The van der Waals surface area contributed by atoms with Crippen LogP contribution in [0.15, 0.2) is 30.3 Å². The molecule has 3 amide bonds. The van der Waals surface area contributed by atoms with Gasteiger partial charge in [-0.1, -0.05) is 30.1 Å². The molecule has 0 radical (unpaired) electrons. The van der Waals surface area contributed by atoms with Gasteiger partial charge in [-0.05, 0) is 61.2 Å². The van der Waals surface area contributed by atoms with Crippen LogP contribution in [0.2, 0.25) is 10.0 Å². The lowest BCUT2D eigenvalue weighted by Gasteiger charge is -2.37. The maximum absolute atomic E-state index is 13.3. The Kier molecular flexibility index (Phi) is 8.32. The minimum Gasteiger partial charge on any atom is -0.493 e. The fourth-order valence-electron chi connectivity index (χ4n) is 4.05. The van der Waals surface area contributed by atoms with E-state index in [1.807, 2.05) is 26.0 Å². The molecule has 1 atom stereocenters. The second-order valence-corrected chi connectivity index (χ2v) is 8.74. The Balaban J connectivity index is 1.74. The highest BCUT2D eigenvalue weighted by Gasteiger charge is 2.30. The molecule has 33 heavy (non-hydrogen) atoms. The molecule has 1 unspecified atom stereocenters. The molecule has 1 aliphatic rings. The zero-order chi connectivity index (χ0) is 24.1. The third-order valence-corrected chi connectivity index (χ3v) is 6.33. The number of hydrogen-bond acceptors (Lipinski definition) is 4. The molecular formula is C24H29Cl2N3O4. The van der Waals surface area contributed by atoms with Crippen LogP contribution < -0.4 is 14.8 Å². The molecule has 0 aromatic heterocycles. The number of urea groups is 1. The van der Waals surface area contributed by atoms with Gasteiger partial charge in [-0.2, -0.15) is 0 Å². The number of nitrogens with zero attached hydrogens (tertiary/aromatic N) is 2. The van der Waals surface area contributed by atoms with Crippen LogP contribution in [-0.4, -0.2) is 55.6 Å². The molecule has 0 fully saturated rings. The molecule has 0 spiro atoms. The van der Waals surface area contributed by atoms with Gasteiger partial charge in [0.05, 0.1) is 31.0 Å². The highest BCUT2D eigenvalue weighted by Crippen LogP contribution is 2.38. The monoisotopic (exact) mass is 493 g/mol. The maximum atomic E-state index is 13.3. The number of amides is 3. The van der Waals surface area contributed by atoms with Crippen LogP contribution in [0, 0.1) is 0 Å². The Hall–Kier alpha value is -2.64. The minimum atomic E-state index is -0.383. The van der Waals surface area contributed by atoms with Crippen molar-refractivity contribution in [3.8, 4) is 11.5 Å². The van der Waals surface area contributed by atoms with Crippen LogP contribution in [0.4, 0.5) is 10.5 Å². The molecule has 7 nitrogen and oxygen atoms in total. The zero-order valence-electron chi connectivity index (χ0n) is 19.3. The van der Waals surface area contributed by atoms with Crippen LogP contribution in [0.5, 0.6) is 11.5 Å². The van der Waals surface area contributed by atoms with E-state index >= 15 is 0 Å². The first-order valence-corrected chi connectivity index (χ1v) is 11.6. The molecule has 1 N–H and O–H groups in total. The summed E-state index contributed by atoms with van der Waals surface area (Å²) in [5, 5.41) is 3.60. The van der Waals surface area contributed by atoms with Gasteiger partial charge in [0, 0.05) is 18.1 Å². The van der Waals surface area contributed by atoms with E-state index in [4.69, 9.17) is 32.7 Å². The summed E-state index contributed by atoms with van der Waals surface area (Å²) in [4.78, 5) is 29.5. The number of benzene rings is 2. The summed E-state index contributed by atoms with van der Waals surface area (Å²) < 4.78 is 10.8. The summed E-state index contributed by atoms with van der Waals surface area (Å²) >= 11 is 12.1. The number of rotatable bonds is 7. The molecule has 0 aliphatic carbocycles. The second kappa shape index (κ2) is 11.0. The van der Waals surface area contributed by atoms with Gasteiger partial charge in [-0.15, -0.1) is 0 Å². The summed E-state index contributed by atoms with van der Waals surface area (Å²) in [5.74, 6) is 1.19. The van der Waals surface area contributed by atoms with Gasteiger partial charge >= 0.3 is 6.03 Å². The SMILES string of the molecule is CCCN(CC(=O)N1CCc2cc(OC)c(OC)cc2C1C)C(=O)Nc1ccc(Cl)cc1Cl. The van der Waals surface area contributed by atoms with Crippen molar-refractivity contribution in [2.45, 2.75) is 32.7 Å². The van der Waals surface area contributed by atoms with E-state index in [1.165, 1.54) is 4.90 Å². The molecule has 3 rings (SSSR count). The predicted molar refractivity (Wildman–Crippen MR) is 131 cm³/mol. The van der Waals surface area contributed by atoms with E-state index in [-0.39, 0.29) is 24.5 Å². The second-order valence-electron chi connectivity index (χ2n) is 7.89. The van der Waals surface area contributed by atoms with E-state index in [9.17, 15) is 9.59 Å². The molecular weight excluding hydrogens is 465 g/mol. The Morgan fingerprint density at radius 1 is 1.15 bits per heavy atom. The fourth-order valence-corrected chi connectivity index (χ4v) is 4.50. The summed E-state index contributed by atoms with van der Waals surface area (Å²) in [6.07, 6.45) is 1.41. The molecule has 2 aromatic rings. The van der Waals surface area contributed by atoms with Gasteiger partial charge in [0.15, 0.2) is 11.5 Å². The lowest BCUT2D eigenvalue weighted by atomic mass is 9.92. The van der Waals surface area contributed by atoms with Crippen molar-refractivity contribution < 1.29 is 19.1 Å². The Morgan fingerprint density at radius 2 is 1.85 bits per heavy atom. The normalized spacial score (nSPS) is 15.0. The lowest BCUT2D eigenvalue weighted by molar-refractivity contribution is -0.134. The van der Waals surface area contributed by atoms with Gasteiger partial charge < -0.3 is 24.6 Å². The quantitative estimate of drug-likeness (QED) is 0.560. The summed E-state index contributed by atoms with van der Waals surface area (Å²) in [5.41, 5.74) is 2.59. The van der Waals surface area contributed by atoms with Crippen molar-refractivity contribution in [1.82, 2.24) is 9.80 Å². The van der Waals surface area contributed by atoms with Crippen LogP contribution in [0.25, 0.3) is 0 Å². The summed E-state index contributed by atoms with van der Waals surface area (Å²) in [6.45, 7) is 4.91. The van der Waals surface area contributed by atoms with Gasteiger partial charge in [0.1, 0.15) is 6.54 Å². The van der Waals surface area contributed by atoms with Gasteiger partial charge in [0.2, 0.25) is 5.91 Å². The molecule has 0 saturated carbocycles. The Bertz CT molecular complexity index is 1030. The van der Waals surface area contributed by atoms with E-state index < -0.39 is 0 Å². The van der Waals surface area contributed by atoms with Gasteiger partial charge in [-0.3, -0.25) is 4.79 Å². The number of ether oxygens (including phenoxy) is 2. The maximum Gasteiger partial charge on any atom is 0.322 e. The van der Waals surface area contributed by atoms with E-state index in [0.717, 1.165) is 11.1 Å². The zero-order valence-corrected chi connectivity index (χ0v) is 20.8. The molecule has 9 heteroatoms. The fraction of sp³-hybridized carbons (Fsp3) is 0.417.